The third-order valence-electron chi connectivity index (χ3n) is 8.14. The number of hydrogen-bond donors (Lipinski definition) is 4. The first-order chi connectivity index (χ1) is 14.7. The lowest BCUT2D eigenvalue weighted by Gasteiger charge is -2.58. The quantitative estimate of drug-likeness (QED) is 0.437. The maximum atomic E-state index is 10.5. The molecule has 176 valence electrons. The summed E-state index contributed by atoms with van der Waals surface area (Å²) in [6.07, 6.45) is -2.57. The van der Waals surface area contributed by atoms with Gasteiger partial charge in [-0.1, -0.05) is 13.8 Å². The third kappa shape index (κ3) is 3.18. The largest absolute Gasteiger partial charge is 0.448 e. The lowest BCUT2D eigenvalue weighted by atomic mass is 9.58. The molecule has 0 radical (unpaired) electrons. The Bertz CT molecular complexity index is 736. The number of aliphatic imine (C=N–C) groups is 1. The van der Waals surface area contributed by atoms with Crippen molar-refractivity contribution in [2.24, 2.45) is 28.7 Å². The van der Waals surface area contributed by atoms with Crippen molar-refractivity contribution < 1.29 is 44.4 Å². The molecule has 1 spiro atoms. The van der Waals surface area contributed by atoms with Gasteiger partial charge in [0.2, 0.25) is 12.1 Å². The Labute approximate surface area is 181 Å². The van der Waals surface area contributed by atoms with Gasteiger partial charge in [-0.2, -0.15) is 0 Å². The number of nitrogens with zero attached hydrogens (tertiary/aromatic N) is 1. The van der Waals surface area contributed by atoms with Crippen LogP contribution in [0.1, 0.15) is 46.5 Å². The fourth-order valence-corrected chi connectivity index (χ4v) is 6.29. The van der Waals surface area contributed by atoms with Crippen molar-refractivity contribution in [2.75, 3.05) is 6.61 Å². The van der Waals surface area contributed by atoms with Crippen molar-refractivity contribution in [1.29, 1.82) is 0 Å². The number of ether oxygens (including phenoxy) is 3. The summed E-state index contributed by atoms with van der Waals surface area (Å²) >= 11 is 0. The average molecular weight is 443 g/mol. The highest BCUT2D eigenvalue weighted by atomic mass is 17.3. The summed E-state index contributed by atoms with van der Waals surface area (Å²) < 4.78 is 17.8. The lowest BCUT2D eigenvalue weighted by molar-refractivity contribution is -0.557. The van der Waals surface area contributed by atoms with Gasteiger partial charge in [-0.05, 0) is 32.1 Å². The van der Waals surface area contributed by atoms with Crippen molar-refractivity contribution >= 4 is 5.90 Å². The van der Waals surface area contributed by atoms with Crippen LogP contribution < -0.4 is 0 Å². The molecule has 31 heavy (non-hydrogen) atoms. The Hall–Kier alpha value is -0.850. The Balaban J connectivity index is 1.49. The van der Waals surface area contributed by atoms with Crippen LogP contribution in [0.5, 0.6) is 0 Å². The second kappa shape index (κ2) is 7.59. The van der Waals surface area contributed by atoms with Crippen molar-refractivity contribution in [1.82, 2.24) is 0 Å². The summed E-state index contributed by atoms with van der Waals surface area (Å²) in [4.78, 5) is 16.4. The molecule has 6 aliphatic rings. The van der Waals surface area contributed by atoms with Gasteiger partial charge in [0.1, 0.15) is 24.4 Å². The number of rotatable bonds is 2. The zero-order valence-corrected chi connectivity index (χ0v) is 18.1. The molecule has 2 bridgehead atoms. The van der Waals surface area contributed by atoms with Crippen LogP contribution in [0.4, 0.5) is 0 Å². The molecule has 5 heterocycles. The number of aliphatic hydroxyl groups is 4. The minimum absolute atomic E-state index is 0.0164. The molecule has 4 N–H and O–H groups in total. The average Bonchev–Trinajstić information content (AvgIpc) is 2.97. The summed E-state index contributed by atoms with van der Waals surface area (Å²) in [6.45, 7) is 5.53. The molecule has 11 unspecified atom stereocenters. The smallest absolute Gasteiger partial charge is 0.237 e. The normalized spacial score (nSPS) is 57.8. The van der Waals surface area contributed by atoms with Gasteiger partial charge in [0.05, 0.1) is 6.61 Å². The first kappa shape index (κ1) is 22.0. The molecule has 6 fully saturated rings. The van der Waals surface area contributed by atoms with Crippen LogP contribution in [0.15, 0.2) is 4.99 Å². The lowest BCUT2D eigenvalue weighted by Crippen LogP contribution is -2.70. The van der Waals surface area contributed by atoms with Crippen LogP contribution in [0.2, 0.25) is 0 Å². The molecule has 1 saturated carbocycles. The second-order valence-corrected chi connectivity index (χ2v) is 10.0. The summed E-state index contributed by atoms with van der Waals surface area (Å²) in [5, 5.41) is 40.4. The van der Waals surface area contributed by atoms with Crippen LogP contribution in [0.25, 0.3) is 0 Å². The SMILES string of the molecule is CC1/C(=N/C2C(O)OC(CO)C(O)C2O)OC2OC3(C)CCC4[C@H](C)CCC1C24OO3. The molecule has 5 aliphatic heterocycles. The van der Waals surface area contributed by atoms with E-state index in [4.69, 9.17) is 24.0 Å². The minimum Gasteiger partial charge on any atom is -0.448 e. The fourth-order valence-electron chi connectivity index (χ4n) is 6.29. The molecule has 1 aliphatic carbocycles. The van der Waals surface area contributed by atoms with Crippen LogP contribution in [0, 0.1) is 23.7 Å². The Kier molecular flexibility index (Phi) is 5.38. The predicted octanol–water partition coefficient (Wildman–Crippen LogP) is 0.0667. The molecule has 6 rings (SSSR count). The van der Waals surface area contributed by atoms with E-state index in [2.05, 4.69) is 11.9 Å². The molecule has 0 amide bonds. The van der Waals surface area contributed by atoms with E-state index >= 15 is 0 Å². The molecule has 0 aromatic heterocycles. The molecular formula is C21H33NO9. The molecular weight excluding hydrogens is 410 g/mol. The third-order valence-corrected chi connectivity index (χ3v) is 8.14. The van der Waals surface area contributed by atoms with Gasteiger partial charge >= 0.3 is 0 Å². The Morgan fingerprint density at radius 2 is 1.81 bits per heavy atom. The number of fused-ring (bicyclic) bond motifs is 2. The van der Waals surface area contributed by atoms with E-state index in [1.165, 1.54) is 0 Å². The van der Waals surface area contributed by atoms with E-state index in [0.717, 1.165) is 19.3 Å². The second-order valence-electron chi connectivity index (χ2n) is 10.0. The first-order valence-electron chi connectivity index (χ1n) is 11.3. The zero-order chi connectivity index (χ0) is 22.1. The van der Waals surface area contributed by atoms with E-state index < -0.39 is 54.9 Å². The summed E-state index contributed by atoms with van der Waals surface area (Å²) in [5.74, 6) is -0.112. The van der Waals surface area contributed by atoms with Crippen LogP contribution in [-0.2, 0) is 24.0 Å². The van der Waals surface area contributed by atoms with Gasteiger partial charge in [-0.25, -0.2) is 14.8 Å². The van der Waals surface area contributed by atoms with E-state index in [9.17, 15) is 20.4 Å². The van der Waals surface area contributed by atoms with Crippen LogP contribution in [-0.4, -0.2) is 81.3 Å². The van der Waals surface area contributed by atoms with Gasteiger partial charge < -0.3 is 34.6 Å². The fraction of sp³-hybridized carbons (Fsp3) is 0.952. The highest BCUT2D eigenvalue weighted by molar-refractivity contribution is 5.80. The maximum Gasteiger partial charge on any atom is 0.237 e. The van der Waals surface area contributed by atoms with Crippen molar-refractivity contribution in [3.8, 4) is 0 Å². The highest BCUT2D eigenvalue weighted by Gasteiger charge is 2.69. The monoisotopic (exact) mass is 443 g/mol. The van der Waals surface area contributed by atoms with Crippen LogP contribution in [0.3, 0.4) is 0 Å². The number of aliphatic hydroxyl groups excluding tert-OH is 4. The van der Waals surface area contributed by atoms with Gasteiger partial charge in [0.15, 0.2) is 17.8 Å². The molecule has 12 atom stereocenters. The van der Waals surface area contributed by atoms with Crippen LogP contribution >= 0.6 is 0 Å². The standard InChI is InChI=1S/C21H33NO9/c1-9-4-5-12-10(2)17(22-14-16(25)15(24)13(8-23)27-18(14)26)28-19-21(12)11(9)6-7-20(3,29-19)30-31-21/h9-16,18-19,23-26H,4-8H2,1-3H3/b22-17-/t9-,10?,11?,12?,13?,14?,15?,16?,18?,19?,20?,21?/m1/s1. The molecule has 10 nitrogen and oxygen atoms in total. The van der Waals surface area contributed by atoms with Gasteiger partial charge in [-0.3, -0.25) is 0 Å². The topological polar surface area (TPSA) is 139 Å². The van der Waals surface area contributed by atoms with Gasteiger partial charge in [-0.15, -0.1) is 0 Å². The molecule has 0 aromatic carbocycles. The zero-order valence-electron chi connectivity index (χ0n) is 18.1. The maximum absolute atomic E-state index is 10.5. The summed E-state index contributed by atoms with van der Waals surface area (Å²) in [7, 11) is 0. The molecule has 10 heteroatoms. The van der Waals surface area contributed by atoms with Crippen molar-refractivity contribution in [2.45, 2.75) is 94.8 Å². The van der Waals surface area contributed by atoms with Crippen molar-refractivity contribution in [3.05, 3.63) is 0 Å². The minimum atomic E-state index is -1.49. The molecule has 0 aromatic rings. The highest BCUT2D eigenvalue weighted by Crippen LogP contribution is 2.59. The van der Waals surface area contributed by atoms with E-state index in [-0.39, 0.29) is 17.8 Å². The van der Waals surface area contributed by atoms with E-state index in [1.54, 1.807) is 0 Å². The van der Waals surface area contributed by atoms with E-state index in [0.29, 0.717) is 18.2 Å². The summed E-state index contributed by atoms with van der Waals surface area (Å²) in [5.41, 5.74) is -0.742. The number of hydrogen-bond acceptors (Lipinski definition) is 10. The Morgan fingerprint density at radius 3 is 2.55 bits per heavy atom. The molecule has 5 saturated heterocycles. The summed E-state index contributed by atoms with van der Waals surface area (Å²) in [6, 6.07) is -1.15. The van der Waals surface area contributed by atoms with Gasteiger partial charge in [0.25, 0.3) is 0 Å². The Morgan fingerprint density at radius 1 is 1.03 bits per heavy atom. The van der Waals surface area contributed by atoms with Crippen molar-refractivity contribution in [3.63, 3.8) is 0 Å². The van der Waals surface area contributed by atoms with E-state index in [1.807, 2.05) is 13.8 Å². The van der Waals surface area contributed by atoms with Gasteiger partial charge in [0, 0.05) is 24.2 Å². The first-order valence-corrected chi connectivity index (χ1v) is 11.3. The predicted molar refractivity (Wildman–Crippen MR) is 104 cm³/mol.